The van der Waals surface area contributed by atoms with Gasteiger partial charge in [0.05, 0.1) is 25.8 Å². The van der Waals surface area contributed by atoms with Crippen LogP contribution in [0.2, 0.25) is 5.02 Å². The van der Waals surface area contributed by atoms with E-state index in [0.29, 0.717) is 12.2 Å². The molecule has 0 fully saturated rings. The number of ether oxygens (including phenoxy) is 2. The fourth-order valence-corrected chi connectivity index (χ4v) is 2.06. The first-order chi connectivity index (χ1) is 11.5. The Morgan fingerprint density at radius 3 is 2.46 bits per heavy atom. The maximum absolute atomic E-state index is 13.1. The Morgan fingerprint density at radius 2 is 1.88 bits per heavy atom. The summed E-state index contributed by atoms with van der Waals surface area (Å²) in [4.78, 5) is 23.8. The van der Waals surface area contributed by atoms with Crippen molar-refractivity contribution >= 4 is 17.5 Å². The van der Waals surface area contributed by atoms with Gasteiger partial charge in [0.2, 0.25) is 5.91 Å². The van der Waals surface area contributed by atoms with Gasteiger partial charge >= 0.3 is 12.0 Å². The molecule has 1 aromatic heterocycles. The number of benzene rings is 1. The third-order valence-electron chi connectivity index (χ3n) is 3.07. The first-order valence-corrected chi connectivity index (χ1v) is 7.43. The number of methoxy groups -OCH3 is 2. The van der Waals surface area contributed by atoms with Crippen molar-refractivity contribution in [1.29, 1.82) is 0 Å². The lowest BCUT2D eigenvalue weighted by Gasteiger charge is -2.07. The molecule has 0 atom stereocenters. The number of aromatic nitrogens is 3. The maximum Gasteiger partial charge on any atom is 0.322 e. The highest BCUT2D eigenvalue weighted by Gasteiger charge is 2.09. The Bertz CT molecular complexity index is 708. The van der Waals surface area contributed by atoms with Crippen molar-refractivity contribution in [3.8, 4) is 12.0 Å². The van der Waals surface area contributed by atoms with Gasteiger partial charge in [-0.15, -0.1) is 4.98 Å². The Morgan fingerprint density at radius 1 is 1.21 bits per heavy atom. The van der Waals surface area contributed by atoms with E-state index in [1.165, 1.54) is 26.4 Å². The highest BCUT2D eigenvalue weighted by Crippen LogP contribution is 2.17. The predicted molar refractivity (Wildman–Crippen MR) is 84.5 cm³/mol. The van der Waals surface area contributed by atoms with Crippen molar-refractivity contribution in [2.75, 3.05) is 14.2 Å². The first-order valence-electron chi connectivity index (χ1n) is 7.05. The summed E-state index contributed by atoms with van der Waals surface area (Å²) in [6.07, 6.45) is 0.664. The fourth-order valence-electron chi connectivity index (χ4n) is 1.86. The van der Waals surface area contributed by atoms with Gasteiger partial charge in [-0.1, -0.05) is 17.7 Å². The molecule has 0 aliphatic carbocycles. The molecule has 0 radical (unpaired) electrons. The van der Waals surface area contributed by atoms with Crippen molar-refractivity contribution in [3.05, 3.63) is 40.4 Å². The van der Waals surface area contributed by atoms with Crippen LogP contribution in [0.3, 0.4) is 0 Å². The van der Waals surface area contributed by atoms with Gasteiger partial charge in [0.1, 0.15) is 5.82 Å². The third-order valence-corrected chi connectivity index (χ3v) is 3.36. The van der Waals surface area contributed by atoms with E-state index in [1.807, 2.05) is 0 Å². The van der Waals surface area contributed by atoms with Crippen molar-refractivity contribution in [2.24, 2.45) is 0 Å². The second-order valence-corrected chi connectivity index (χ2v) is 5.16. The van der Waals surface area contributed by atoms with E-state index in [0.717, 1.165) is 5.56 Å². The van der Waals surface area contributed by atoms with Gasteiger partial charge in [0.25, 0.3) is 0 Å². The lowest BCUT2D eigenvalue weighted by atomic mass is 10.1. The molecular weight excluding hydrogens is 339 g/mol. The van der Waals surface area contributed by atoms with Gasteiger partial charge < -0.3 is 14.8 Å². The zero-order valence-electron chi connectivity index (χ0n) is 13.2. The van der Waals surface area contributed by atoms with Gasteiger partial charge in [0.15, 0.2) is 5.82 Å². The lowest BCUT2D eigenvalue weighted by Crippen LogP contribution is -2.24. The van der Waals surface area contributed by atoms with Crippen LogP contribution in [0, 0.1) is 5.82 Å². The Labute approximate surface area is 143 Å². The van der Waals surface area contributed by atoms with Crippen LogP contribution in [-0.2, 0) is 17.8 Å². The Balaban J connectivity index is 1.87. The zero-order chi connectivity index (χ0) is 17.5. The minimum Gasteiger partial charge on any atom is -0.467 e. The minimum absolute atomic E-state index is 0.0392. The smallest absolute Gasteiger partial charge is 0.322 e. The van der Waals surface area contributed by atoms with E-state index >= 15 is 0 Å². The van der Waals surface area contributed by atoms with E-state index in [1.54, 1.807) is 6.07 Å². The van der Waals surface area contributed by atoms with E-state index in [4.69, 9.17) is 21.1 Å². The van der Waals surface area contributed by atoms with E-state index in [9.17, 15) is 9.18 Å². The van der Waals surface area contributed by atoms with Gasteiger partial charge in [0, 0.05) is 6.42 Å². The molecule has 9 heteroatoms. The summed E-state index contributed by atoms with van der Waals surface area (Å²) in [5, 5.41) is 2.73. The molecule has 1 N–H and O–H groups in total. The standard InChI is InChI=1S/C15H16ClFN4O3/c1-23-14-19-12(20-15(21-14)24-2)8-18-13(22)6-4-9-3-5-11(17)10(16)7-9/h3,5,7H,4,6,8H2,1-2H3,(H,18,22). The highest BCUT2D eigenvalue weighted by molar-refractivity contribution is 6.30. The molecule has 1 amide bonds. The number of carbonyl (C=O) groups is 1. The second kappa shape index (κ2) is 8.39. The third kappa shape index (κ3) is 5.02. The Kier molecular flexibility index (Phi) is 6.25. The quantitative estimate of drug-likeness (QED) is 0.817. The van der Waals surface area contributed by atoms with E-state index < -0.39 is 5.82 Å². The zero-order valence-corrected chi connectivity index (χ0v) is 13.9. The molecule has 0 aliphatic heterocycles. The molecule has 1 heterocycles. The van der Waals surface area contributed by atoms with E-state index in [-0.39, 0.29) is 35.9 Å². The topological polar surface area (TPSA) is 86.2 Å². The fraction of sp³-hybridized carbons (Fsp3) is 0.333. The number of halogens is 2. The molecule has 0 saturated carbocycles. The number of rotatable bonds is 7. The maximum atomic E-state index is 13.1. The van der Waals surface area contributed by atoms with Crippen LogP contribution in [0.4, 0.5) is 4.39 Å². The summed E-state index contributed by atoms with van der Waals surface area (Å²) >= 11 is 5.71. The molecule has 0 unspecified atom stereocenters. The summed E-state index contributed by atoms with van der Waals surface area (Å²) in [6, 6.07) is 4.58. The summed E-state index contributed by atoms with van der Waals surface area (Å²) in [6.45, 7) is 0.109. The largest absolute Gasteiger partial charge is 0.467 e. The molecule has 0 spiro atoms. The number of hydrogen-bond acceptors (Lipinski definition) is 6. The number of aryl methyl sites for hydroxylation is 1. The van der Waals surface area contributed by atoms with Crippen LogP contribution in [-0.4, -0.2) is 35.1 Å². The monoisotopic (exact) mass is 354 g/mol. The molecule has 128 valence electrons. The normalized spacial score (nSPS) is 10.3. The van der Waals surface area contributed by atoms with Crippen LogP contribution in [0.15, 0.2) is 18.2 Å². The van der Waals surface area contributed by atoms with Crippen molar-refractivity contribution < 1.29 is 18.7 Å². The molecule has 24 heavy (non-hydrogen) atoms. The second-order valence-electron chi connectivity index (χ2n) is 4.75. The summed E-state index contributed by atoms with van der Waals surface area (Å²) in [5.74, 6) is -0.367. The molecule has 1 aromatic carbocycles. The van der Waals surface area contributed by atoms with Crippen LogP contribution in [0.1, 0.15) is 17.8 Å². The van der Waals surface area contributed by atoms with Crippen LogP contribution in [0.25, 0.3) is 0 Å². The van der Waals surface area contributed by atoms with Gasteiger partial charge in [-0.3, -0.25) is 4.79 Å². The average Bonchev–Trinajstić information content (AvgIpc) is 2.60. The van der Waals surface area contributed by atoms with Gasteiger partial charge in [-0.05, 0) is 24.1 Å². The number of nitrogens with zero attached hydrogens (tertiary/aromatic N) is 3. The van der Waals surface area contributed by atoms with Crippen LogP contribution < -0.4 is 14.8 Å². The summed E-state index contributed by atoms with van der Waals surface area (Å²) in [7, 11) is 2.84. The minimum atomic E-state index is -0.484. The van der Waals surface area contributed by atoms with Crippen molar-refractivity contribution in [1.82, 2.24) is 20.3 Å². The number of carbonyl (C=O) groups excluding carboxylic acids is 1. The number of amides is 1. The molecule has 7 nitrogen and oxygen atoms in total. The first kappa shape index (κ1) is 17.9. The molecule has 0 bridgehead atoms. The predicted octanol–water partition coefficient (Wildman–Crippen LogP) is 1.93. The van der Waals surface area contributed by atoms with E-state index in [2.05, 4.69) is 20.3 Å². The SMILES string of the molecule is COc1nc(CNC(=O)CCc2ccc(F)c(Cl)c2)nc(OC)n1. The highest BCUT2D eigenvalue weighted by atomic mass is 35.5. The molecule has 2 rings (SSSR count). The number of hydrogen-bond donors (Lipinski definition) is 1. The summed E-state index contributed by atoms with van der Waals surface area (Å²) < 4.78 is 22.9. The number of nitrogens with one attached hydrogen (secondary N) is 1. The van der Waals surface area contributed by atoms with Crippen LogP contribution in [0.5, 0.6) is 12.0 Å². The lowest BCUT2D eigenvalue weighted by molar-refractivity contribution is -0.121. The van der Waals surface area contributed by atoms with Gasteiger partial charge in [-0.25, -0.2) is 4.39 Å². The summed E-state index contributed by atoms with van der Waals surface area (Å²) in [5.41, 5.74) is 0.778. The average molecular weight is 355 g/mol. The molecule has 0 saturated heterocycles. The van der Waals surface area contributed by atoms with Crippen molar-refractivity contribution in [2.45, 2.75) is 19.4 Å². The van der Waals surface area contributed by atoms with Crippen molar-refractivity contribution in [3.63, 3.8) is 0 Å². The molecule has 0 aliphatic rings. The molecular formula is C15H16ClFN4O3. The van der Waals surface area contributed by atoms with Gasteiger partial charge in [-0.2, -0.15) is 9.97 Å². The van der Waals surface area contributed by atoms with Crippen LogP contribution >= 0.6 is 11.6 Å². The Hall–Kier alpha value is -2.48. The molecule has 2 aromatic rings.